The minimum absolute atomic E-state index is 0.00726. The Labute approximate surface area is 146 Å². The number of rotatable bonds is 1. The minimum atomic E-state index is -0.477. The van der Waals surface area contributed by atoms with Crippen LogP contribution in [0.5, 0.6) is 5.75 Å². The predicted molar refractivity (Wildman–Crippen MR) is 95.2 cm³/mol. The van der Waals surface area contributed by atoms with E-state index in [0.29, 0.717) is 27.3 Å². The molecule has 4 aromatic rings. The average Bonchev–Trinajstić information content (AvgIpc) is 2.89. The molecule has 0 aliphatic heterocycles. The van der Waals surface area contributed by atoms with E-state index in [4.69, 9.17) is 11.6 Å². The van der Waals surface area contributed by atoms with Crippen LogP contribution in [0.15, 0.2) is 47.4 Å². The summed E-state index contributed by atoms with van der Waals surface area (Å²) in [7, 11) is 1.82. The van der Waals surface area contributed by atoms with Crippen molar-refractivity contribution in [2.45, 2.75) is 0 Å². The molecule has 0 unspecified atom stereocenters. The second-order valence-electron chi connectivity index (χ2n) is 5.61. The highest BCUT2D eigenvalue weighted by Crippen LogP contribution is 2.35. The smallest absolute Gasteiger partial charge is 0.273 e. The number of hydrogen-bond acceptors (Lipinski definition) is 4. The van der Waals surface area contributed by atoms with Crippen LogP contribution in [-0.2, 0) is 7.05 Å². The van der Waals surface area contributed by atoms with Crippen molar-refractivity contribution in [3.63, 3.8) is 0 Å². The lowest BCUT2D eigenvalue weighted by Crippen LogP contribution is -2.21. The third kappa shape index (κ3) is 2.10. The number of fused-ring (bicyclic) bond motifs is 3. The number of nitrogens with zero attached hydrogens (tertiary/aromatic N) is 4. The highest BCUT2D eigenvalue weighted by Gasteiger charge is 2.19. The van der Waals surface area contributed by atoms with Crippen molar-refractivity contribution in [1.29, 1.82) is 5.26 Å². The number of halogens is 1. The molecule has 0 atom stereocenters. The summed E-state index contributed by atoms with van der Waals surface area (Å²) < 4.78 is 3.23. The summed E-state index contributed by atoms with van der Waals surface area (Å²) in [6.45, 7) is 0. The lowest BCUT2D eigenvalue weighted by atomic mass is 10.2. The first-order chi connectivity index (χ1) is 12.0. The molecule has 0 aliphatic rings. The molecule has 3 heterocycles. The molecular formula is C18H11ClN4O2. The van der Waals surface area contributed by atoms with Gasteiger partial charge in [0.05, 0.1) is 33.8 Å². The monoisotopic (exact) mass is 350 g/mol. The summed E-state index contributed by atoms with van der Waals surface area (Å²) in [4.78, 5) is 16.9. The number of pyridine rings is 2. The molecule has 0 radical (unpaired) electrons. The van der Waals surface area contributed by atoms with Crippen LogP contribution in [0.1, 0.15) is 5.56 Å². The molecule has 1 N–H and O–H groups in total. The van der Waals surface area contributed by atoms with Gasteiger partial charge in [-0.3, -0.25) is 9.36 Å². The topological polar surface area (TPSA) is 83.8 Å². The van der Waals surface area contributed by atoms with Gasteiger partial charge in [0.25, 0.3) is 5.56 Å². The molecule has 6 nitrogen and oxygen atoms in total. The van der Waals surface area contributed by atoms with Gasteiger partial charge in [-0.1, -0.05) is 17.7 Å². The van der Waals surface area contributed by atoms with Gasteiger partial charge in [0.2, 0.25) is 0 Å². The van der Waals surface area contributed by atoms with Crippen LogP contribution in [0.4, 0.5) is 0 Å². The number of aromatic nitrogens is 3. The van der Waals surface area contributed by atoms with Crippen LogP contribution in [0.3, 0.4) is 0 Å². The highest BCUT2D eigenvalue weighted by molar-refractivity contribution is 6.29. The number of aryl methyl sites for hydroxylation is 1. The van der Waals surface area contributed by atoms with Gasteiger partial charge in [-0.2, -0.15) is 5.26 Å². The molecule has 0 aliphatic carbocycles. The van der Waals surface area contributed by atoms with Crippen molar-refractivity contribution in [2.24, 2.45) is 7.05 Å². The van der Waals surface area contributed by atoms with Crippen molar-refractivity contribution >= 4 is 33.5 Å². The van der Waals surface area contributed by atoms with E-state index in [9.17, 15) is 15.2 Å². The molecule has 1 aromatic carbocycles. The molecule has 122 valence electrons. The molecular weight excluding hydrogens is 340 g/mol. The number of aromatic hydroxyl groups is 1. The molecule has 3 aromatic heterocycles. The van der Waals surface area contributed by atoms with E-state index < -0.39 is 5.56 Å². The summed E-state index contributed by atoms with van der Waals surface area (Å²) in [5.74, 6) is 0.0582. The fourth-order valence-electron chi connectivity index (χ4n) is 3.11. The summed E-state index contributed by atoms with van der Waals surface area (Å²) in [5.41, 5.74) is 1.92. The maximum absolute atomic E-state index is 12.9. The van der Waals surface area contributed by atoms with Crippen molar-refractivity contribution in [3.05, 3.63) is 63.7 Å². The van der Waals surface area contributed by atoms with Crippen LogP contribution < -0.4 is 5.56 Å². The van der Waals surface area contributed by atoms with Gasteiger partial charge in [0.1, 0.15) is 22.5 Å². The second kappa shape index (κ2) is 5.36. The maximum atomic E-state index is 12.9. The van der Waals surface area contributed by atoms with Gasteiger partial charge in [0, 0.05) is 7.05 Å². The Bertz CT molecular complexity index is 1250. The van der Waals surface area contributed by atoms with E-state index in [1.165, 1.54) is 16.8 Å². The van der Waals surface area contributed by atoms with Crippen LogP contribution in [0, 0.1) is 11.3 Å². The Morgan fingerprint density at radius 2 is 2.04 bits per heavy atom. The quantitative estimate of drug-likeness (QED) is 0.535. The Hall–Kier alpha value is -3.30. The van der Waals surface area contributed by atoms with Gasteiger partial charge in [-0.25, -0.2) is 4.98 Å². The Morgan fingerprint density at radius 3 is 2.72 bits per heavy atom. The molecule has 0 saturated heterocycles. The summed E-state index contributed by atoms with van der Waals surface area (Å²) in [5, 5.41) is 20.6. The zero-order valence-corrected chi connectivity index (χ0v) is 13.8. The van der Waals surface area contributed by atoms with Gasteiger partial charge < -0.3 is 9.67 Å². The first-order valence-corrected chi connectivity index (χ1v) is 7.79. The third-order valence-electron chi connectivity index (χ3n) is 4.25. The standard InChI is InChI=1S/C18H11ClN4O2/c1-22-12-3-2-4-14(24)16(12)17-13(22)7-10(8-20)18(25)23(17)11-5-6-15(19)21-9-11/h2-7,9,24H,1H3. The van der Waals surface area contributed by atoms with Crippen molar-refractivity contribution in [1.82, 2.24) is 14.1 Å². The van der Waals surface area contributed by atoms with Crippen LogP contribution in [0.25, 0.3) is 27.6 Å². The van der Waals surface area contributed by atoms with Gasteiger partial charge in [-0.05, 0) is 30.3 Å². The minimum Gasteiger partial charge on any atom is -0.507 e. The van der Waals surface area contributed by atoms with Crippen LogP contribution in [0.2, 0.25) is 5.15 Å². The SMILES string of the molecule is Cn1c2cccc(O)c2c2c1cc(C#N)c(=O)n2-c1ccc(Cl)nc1. The third-order valence-corrected chi connectivity index (χ3v) is 4.47. The zero-order valence-electron chi connectivity index (χ0n) is 13.1. The largest absolute Gasteiger partial charge is 0.507 e. The summed E-state index contributed by atoms with van der Waals surface area (Å²) >= 11 is 5.85. The van der Waals surface area contributed by atoms with E-state index in [1.807, 2.05) is 23.8 Å². The molecule has 0 amide bonds. The van der Waals surface area contributed by atoms with Crippen LogP contribution >= 0.6 is 11.6 Å². The van der Waals surface area contributed by atoms with E-state index in [0.717, 1.165) is 5.52 Å². The number of nitriles is 1. The lowest BCUT2D eigenvalue weighted by molar-refractivity contribution is 0.482. The molecule has 0 saturated carbocycles. The number of benzene rings is 1. The lowest BCUT2D eigenvalue weighted by Gasteiger charge is -2.09. The summed E-state index contributed by atoms with van der Waals surface area (Å²) in [6, 6.07) is 11.8. The van der Waals surface area contributed by atoms with Gasteiger partial charge >= 0.3 is 0 Å². The Balaban J connectivity index is 2.31. The predicted octanol–water partition coefficient (Wildman–Crippen LogP) is 3.11. The first-order valence-electron chi connectivity index (χ1n) is 7.41. The average molecular weight is 351 g/mol. The molecule has 4 rings (SSSR count). The molecule has 0 fully saturated rings. The molecule has 0 spiro atoms. The molecule has 25 heavy (non-hydrogen) atoms. The Kier molecular flexibility index (Phi) is 3.27. The van der Waals surface area contributed by atoms with E-state index in [-0.39, 0.29) is 11.3 Å². The number of hydrogen-bond donors (Lipinski definition) is 1. The van der Waals surface area contributed by atoms with Crippen LogP contribution in [-0.4, -0.2) is 19.2 Å². The van der Waals surface area contributed by atoms with Gasteiger partial charge in [0.15, 0.2) is 0 Å². The zero-order chi connectivity index (χ0) is 17.7. The van der Waals surface area contributed by atoms with Crippen molar-refractivity contribution in [3.8, 4) is 17.5 Å². The second-order valence-corrected chi connectivity index (χ2v) is 6.00. The number of phenolic OH excluding ortho intramolecular Hbond substituents is 1. The highest BCUT2D eigenvalue weighted by atomic mass is 35.5. The fourth-order valence-corrected chi connectivity index (χ4v) is 3.22. The van der Waals surface area contributed by atoms with E-state index >= 15 is 0 Å². The normalized spacial score (nSPS) is 11.1. The number of phenols is 1. The maximum Gasteiger partial charge on any atom is 0.273 e. The summed E-state index contributed by atoms with van der Waals surface area (Å²) in [6.07, 6.45) is 1.46. The molecule has 7 heteroatoms. The fraction of sp³-hybridized carbons (Fsp3) is 0.0556. The van der Waals surface area contributed by atoms with Gasteiger partial charge in [-0.15, -0.1) is 0 Å². The van der Waals surface area contributed by atoms with Crippen molar-refractivity contribution in [2.75, 3.05) is 0 Å². The Morgan fingerprint density at radius 1 is 1.24 bits per heavy atom. The van der Waals surface area contributed by atoms with Crippen molar-refractivity contribution < 1.29 is 5.11 Å². The molecule has 0 bridgehead atoms. The first kappa shape index (κ1) is 15.2. The van der Waals surface area contributed by atoms with E-state index in [2.05, 4.69) is 4.98 Å². The van der Waals surface area contributed by atoms with E-state index in [1.54, 1.807) is 24.3 Å².